The fourth-order valence-electron chi connectivity index (χ4n) is 1.67. The fraction of sp³-hybridized carbons (Fsp3) is 0. The summed E-state index contributed by atoms with van der Waals surface area (Å²) in [6.07, 6.45) is -1.41. The minimum Gasteiger partial charge on any atom is -0.449 e. The molecule has 2 aromatic rings. The molecule has 0 saturated heterocycles. The lowest BCUT2D eigenvalue weighted by Crippen LogP contribution is -2.03. The Balaban J connectivity index is 2.22. The molecule has 0 amide bonds. The number of ether oxygens (including phenoxy) is 1. The molecule has 0 fully saturated rings. The number of nitrogen functional groups attached to an aromatic ring is 1. The second kappa shape index (κ2) is 5.78. The van der Waals surface area contributed by atoms with Crippen molar-refractivity contribution in [1.29, 1.82) is 0 Å². The van der Waals surface area contributed by atoms with Crippen molar-refractivity contribution in [3.8, 4) is 5.75 Å². The van der Waals surface area contributed by atoms with Crippen LogP contribution < -0.4 is 15.8 Å². The Labute approximate surface area is 118 Å². The van der Waals surface area contributed by atoms with Gasteiger partial charge >= 0.3 is 6.16 Å². The second-order valence-electron chi connectivity index (χ2n) is 4.05. The third kappa shape index (κ3) is 3.60. The smallest absolute Gasteiger partial charge is 0.449 e. The molecular weight excluding hydrogens is 278 g/mol. The topological polar surface area (TPSA) is 128 Å². The van der Waals surface area contributed by atoms with Crippen LogP contribution >= 0.6 is 0 Å². The molecule has 8 heteroatoms. The molecule has 0 atom stereocenters. The van der Waals surface area contributed by atoms with Gasteiger partial charge in [-0.1, -0.05) is 6.07 Å². The summed E-state index contributed by atoms with van der Waals surface area (Å²) in [6.45, 7) is 0. The first-order valence-electron chi connectivity index (χ1n) is 5.77. The van der Waals surface area contributed by atoms with Gasteiger partial charge < -0.3 is 20.9 Å². The maximum Gasteiger partial charge on any atom is 0.511 e. The van der Waals surface area contributed by atoms with Gasteiger partial charge in [0.2, 0.25) is 0 Å². The third-order valence-electron chi connectivity index (χ3n) is 2.56. The molecule has 0 aliphatic rings. The summed E-state index contributed by atoms with van der Waals surface area (Å²) in [5, 5.41) is 22.1. The lowest BCUT2D eigenvalue weighted by atomic mass is 10.2. The molecular formula is C13H11N3O5. The van der Waals surface area contributed by atoms with Crippen molar-refractivity contribution in [2.24, 2.45) is 0 Å². The third-order valence-corrected chi connectivity index (χ3v) is 2.56. The van der Waals surface area contributed by atoms with E-state index < -0.39 is 11.1 Å². The first-order chi connectivity index (χ1) is 9.95. The van der Waals surface area contributed by atoms with Crippen molar-refractivity contribution in [2.75, 3.05) is 11.1 Å². The molecule has 4 N–H and O–H groups in total. The van der Waals surface area contributed by atoms with Crippen LogP contribution in [-0.2, 0) is 0 Å². The van der Waals surface area contributed by atoms with Crippen molar-refractivity contribution in [1.82, 2.24) is 0 Å². The maximum atomic E-state index is 10.6. The summed E-state index contributed by atoms with van der Waals surface area (Å²) in [6, 6.07) is 10.2. The minimum absolute atomic E-state index is 0.110. The number of carbonyl (C=O) groups is 1. The van der Waals surface area contributed by atoms with Gasteiger partial charge in [-0.05, 0) is 18.2 Å². The number of benzene rings is 2. The fourth-order valence-corrected chi connectivity index (χ4v) is 1.67. The van der Waals surface area contributed by atoms with Crippen LogP contribution in [0.5, 0.6) is 5.75 Å². The number of hydrogen-bond donors (Lipinski definition) is 3. The number of nitrogens with two attached hydrogens (primary N) is 1. The highest BCUT2D eigenvalue weighted by atomic mass is 16.7. The van der Waals surface area contributed by atoms with E-state index in [-0.39, 0.29) is 17.1 Å². The second-order valence-corrected chi connectivity index (χ2v) is 4.05. The van der Waals surface area contributed by atoms with Gasteiger partial charge in [0, 0.05) is 23.9 Å². The Morgan fingerprint density at radius 3 is 2.67 bits per heavy atom. The van der Waals surface area contributed by atoms with Crippen LogP contribution in [0, 0.1) is 10.1 Å². The van der Waals surface area contributed by atoms with Crippen LogP contribution in [0.25, 0.3) is 0 Å². The zero-order chi connectivity index (χ0) is 15.4. The molecule has 2 aromatic carbocycles. The van der Waals surface area contributed by atoms with Crippen LogP contribution in [-0.4, -0.2) is 16.2 Å². The van der Waals surface area contributed by atoms with E-state index in [0.29, 0.717) is 11.4 Å². The van der Waals surface area contributed by atoms with Crippen LogP contribution in [0.4, 0.5) is 27.5 Å². The number of nitro benzene ring substituents is 1. The Bertz CT molecular complexity index is 702. The largest absolute Gasteiger partial charge is 0.511 e. The number of nitrogens with zero attached hydrogens (tertiary/aromatic N) is 1. The number of rotatable bonds is 4. The summed E-state index contributed by atoms with van der Waals surface area (Å²) < 4.78 is 4.53. The van der Waals surface area contributed by atoms with Gasteiger partial charge in [0.05, 0.1) is 16.3 Å². The molecule has 8 nitrogen and oxygen atoms in total. The number of non-ortho nitro benzene ring substituents is 1. The predicted octanol–water partition coefficient (Wildman–Crippen LogP) is 2.98. The van der Waals surface area contributed by atoms with E-state index in [0.717, 1.165) is 0 Å². The molecule has 0 saturated carbocycles. The van der Waals surface area contributed by atoms with Gasteiger partial charge in [0.15, 0.2) is 0 Å². The van der Waals surface area contributed by atoms with Crippen molar-refractivity contribution in [3.63, 3.8) is 0 Å². The predicted molar refractivity (Wildman–Crippen MR) is 75.9 cm³/mol. The van der Waals surface area contributed by atoms with E-state index in [9.17, 15) is 14.9 Å². The standard InChI is InChI=1S/C13H11N3O5/c14-11-7-9(16(19)20)4-5-12(11)15-8-2-1-3-10(6-8)21-13(17)18/h1-7,15H,14H2,(H,17,18). The van der Waals surface area contributed by atoms with Gasteiger partial charge in [-0.3, -0.25) is 10.1 Å². The first kappa shape index (κ1) is 14.1. The van der Waals surface area contributed by atoms with Crippen molar-refractivity contribution >= 4 is 28.9 Å². The molecule has 0 spiro atoms. The zero-order valence-electron chi connectivity index (χ0n) is 10.6. The lowest BCUT2D eigenvalue weighted by Gasteiger charge is -2.10. The minimum atomic E-state index is -1.41. The Morgan fingerprint density at radius 2 is 2.05 bits per heavy atom. The van der Waals surface area contributed by atoms with Gasteiger partial charge in [-0.15, -0.1) is 0 Å². The van der Waals surface area contributed by atoms with Crippen molar-refractivity contribution in [3.05, 3.63) is 52.6 Å². The summed E-state index contributed by atoms with van der Waals surface area (Å²) in [5.74, 6) is 0.146. The zero-order valence-corrected chi connectivity index (χ0v) is 10.6. The number of nitro groups is 1. The van der Waals surface area contributed by atoms with E-state index in [1.807, 2.05) is 0 Å². The number of anilines is 3. The molecule has 0 heterocycles. The molecule has 21 heavy (non-hydrogen) atoms. The molecule has 0 aromatic heterocycles. The molecule has 0 unspecified atom stereocenters. The Kier molecular flexibility index (Phi) is 3.89. The van der Waals surface area contributed by atoms with Crippen molar-refractivity contribution < 1.29 is 19.6 Å². The average molecular weight is 289 g/mol. The van der Waals surface area contributed by atoms with E-state index in [1.165, 1.54) is 30.3 Å². The summed E-state index contributed by atoms with van der Waals surface area (Å²) >= 11 is 0. The molecule has 0 bridgehead atoms. The Morgan fingerprint density at radius 1 is 1.29 bits per heavy atom. The molecule has 108 valence electrons. The normalized spacial score (nSPS) is 9.90. The SMILES string of the molecule is Nc1cc([N+](=O)[O-])ccc1Nc1cccc(OC(=O)O)c1. The monoisotopic (exact) mass is 289 g/mol. The van der Waals surface area contributed by atoms with Crippen LogP contribution in [0.15, 0.2) is 42.5 Å². The number of nitrogens with one attached hydrogen (secondary N) is 1. The summed E-state index contributed by atoms with van der Waals surface area (Å²) in [5.41, 5.74) is 6.83. The highest BCUT2D eigenvalue weighted by Gasteiger charge is 2.09. The van der Waals surface area contributed by atoms with Gasteiger partial charge in [-0.2, -0.15) is 0 Å². The highest BCUT2D eigenvalue weighted by molar-refractivity contribution is 5.75. The van der Waals surface area contributed by atoms with Gasteiger partial charge in [-0.25, -0.2) is 4.79 Å². The Hall–Kier alpha value is -3.29. The maximum absolute atomic E-state index is 10.6. The number of hydrogen-bond acceptors (Lipinski definition) is 6. The molecule has 0 aliphatic heterocycles. The van der Waals surface area contributed by atoms with E-state index in [1.54, 1.807) is 12.1 Å². The van der Waals surface area contributed by atoms with Crippen LogP contribution in [0.1, 0.15) is 0 Å². The van der Waals surface area contributed by atoms with Gasteiger partial charge in [0.1, 0.15) is 5.75 Å². The lowest BCUT2D eigenvalue weighted by molar-refractivity contribution is -0.384. The quantitative estimate of drug-likeness (QED) is 0.259. The molecule has 0 aliphatic carbocycles. The van der Waals surface area contributed by atoms with E-state index in [4.69, 9.17) is 10.8 Å². The van der Waals surface area contributed by atoms with Crippen molar-refractivity contribution in [2.45, 2.75) is 0 Å². The van der Waals surface area contributed by atoms with Crippen LogP contribution in [0.2, 0.25) is 0 Å². The summed E-state index contributed by atoms with van der Waals surface area (Å²) in [4.78, 5) is 20.6. The molecule has 0 radical (unpaired) electrons. The van der Waals surface area contributed by atoms with Gasteiger partial charge in [0.25, 0.3) is 5.69 Å². The molecule has 2 rings (SSSR count). The number of carboxylic acid groups (broad SMARTS) is 1. The average Bonchev–Trinajstić information content (AvgIpc) is 2.40. The first-order valence-corrected chi connectivity index (χ1v) is 5.77. The highest BCUT2D eigenvalue weighted by Crippen LogP contribution is 2.28. The van der Waals surface area contributed by atoms with Crippen LogP contribution in [0.3, 0.4) is 0 Å². The van der Waals surface area contributed by atoms with E-state index >= 15 is 0 Å². The van der Waals surface area contributed by atoms with E-state index in [2.05, 4.69) is 10.1 Å². The summed E-state index contributed by atoms with van der Waals surface area (Å²) in [7, 11) is 0.